The van der Waals surface area contributed by atoms with E-state index in [0.29, 0.717) is 5.56 Å². The largest absolute Gasteiger partial charge is 1.00 e. The Labute approximate surface area is 278 Å². The van der Waals surface area contributed by atoms with Crippen molar-refractivity contribution >= 4 is 60.9 Å². The number of primary amides is 1. The van der Waals surface area contributed by atoms with Gasteiger partial charge >= 0.3 is 71.2 Å². The van der Waals surface area contributed by atoms with Crippen molar-refractivity contribution < 1.29 is 94.2 Å². The molecule has 0 unspecified atom stereocenters. The number of aryl methyl sites for hydroxylation is 1. The first-order chi connectivity index (χ1) is 18.1. The van der Waals surface area contributed by atoms with Gasteiger partial charge in [-0.15, -0.1) is 10.2 Å². The zero-order chi connectivity index (χ0) is 29.0. The average Bonchev–Trinajstić information content (AvgIpc) is 2.81. The summed E-state index contributed by atoms with van der Waals surface area (Å²) in [6.45, 7) is 1.28. The molecule has 0 bridgehead atoms. The van der Waals surface area contributed by atoms with Crippen molar-refractivity contribution in [2.45, 2.75) is 11.8 Å². The first-order valence-electron chi connectivity index (χ1n) is 10.6. The molecular formula is C20H20FN9Na2O7S2. The number of azo groups is 1. The van der Waals surface area contributed by atoms with Gasteiger partial charge in [0.15, 0.2) is 0 Å². The molecule has 0 saturated carbocycles. The van der Waals surface area contributed by atoms with Crippen LogP contribution >= 0.6 is 0 Å². The Hall–Kier alpha value is -2.33. The smallest absolute Gasteiger partial charge is 0.748 e. The molecule has 4 N–H and O–H groups in total. The van der Waals surface area contributed by atoms with Crippen LogP contribution in [-0.4, -0.2) is 66.3 Å². The predicted octanol–water partition coefficient (Wildman–Crippen LogP) is -4.14. The summed E-state index contributed by atoms with van der Waals surface area (Å²) in [4.78, 5) is 23.0. The molecule has 21 heteroatoms. The fraction of sp³-hybridized carbons (Fsp3) is 0.200. The molecule has 0 aliphatic heterocycles. The van der Waals surface area contributed by atoms with Crippen LogP contribution in [0, 0.1) is 13.0 Å². The number of hydrogen-bond acceptors (Lipinski definition) is 14. The number of amides is 2. The van der Waals surface area contributed by atoms with Crippen molar-refractivity contribution in [3.63, 3.8) is 0 Å². The third kappa shape index (κ3) is 11.5. The van der Waals surface area contributed by atoms with Crippen molar-refractivity contribution in [1.29, 1.82) is 0 Å². The molecule has 0 atom stereocenters. The van der Waals surface area contributed by atoms with Crippen molar-refractivity contribution in [2.75, 3.05) is 34.9 Å². The average molecular weight is 628 g/mol. The molecule has 16 nitrogen and oxygen atoms in total. The molecule has 3 rings (SSSR count). The van der Waals surface area contributed by atoms with Gasteiger partial charge in [0.1, 0.15) is 21.5 Å². The van der Waals surface area contributed by atoms with Gasteiger partial charge < -0.3 is 30.4 Å². The van der Waals surface area contributed by atoms with Gasteiger partial charge in [-0.1, -0.05) is 6.07 Å². The summed E-state index contributed by atoms with van der Waals surface area (Å²) in [5, 5.41) is 12.7. The topological polar surface area (TPSA) is 248 Å². The Balaban J connectivity index is 0.00000420. The first-order valence-corrected chi connectivity index (χ1v) is 13.6. The van der Waals surface area contributed by atoms with Gasteiger partial charge in [-0.25, -0.2) is 21.6 Å². The van der Waals surface area contributed by atoms with Gasteiger partial charge in [-0.3, -0.25) is 0 Å². The number of nitrogens with zero attached hydrogens (tertiary/aromatic N) is 6. The maximum Gasteiger partial charge on any atom is 1.00 e. The van der Waals surface area contributed by atoms with E-state index < -0.39 is 43.0 Å². The van der Waals surface area contributed by atoms with Crippen LogP contribution in [0.1, 0.15) is 5.56 Å². The Morgan fingerprint density at radius 3 is 2.27 bits per heavy atom. The molecule has 41 heavy (non-hydrogen) atoms. The van der Waals surface area contributed by atoms with Crippen molar-refractivity contribution in [1.82, 2.24) is 15.0 Å². The number of aromatic nitrogens is 3. The van der Waals surface area contributed by atoms with Gasteiger partial charge in [0.05, 0.1) is 26.5 Å². The summed E-state index contributed by atoms with van der Waals surface area (Å²) < 4.78 is 81.4. The van der Waals surface area contributed by atoms with Gasteiger partial charge in [0.2, 0.25) is 11.9 Å². The van der Waals surface area contributed by atoms with Gasteiger partial charge in [0.25, 0.3) is 0 Å². The summed E-state index contributed by atoms with van der Waals surface area (Å²) in [5.74, 6) is -1.33. The van der Waals surface area contributed by atoms with Crippen LogP contribution in [0.15, 0.2) is 51.5 Å². The van der Waals surface area contributed by atoms with Crippen LogP contribution in [-0.2, 0) is 20.2 Å². The number of anilines is 4. The maximum absolute atomic E-state index is 14.0. The third-order valence-corrected chi connectivity index (χ3v) is 6.32. The Kier molecular flexibility index (Phi) is 13.6. The van der Waals surface area contributed by atoms with E-state index in [-0.39, 0.29) is 100 Å². The number of urea groups is 1. The molecule has 0 spiro atoms. The number of carbonyl (C=O) groups is 1. The van der Waals surface area contributed by atoms with E-state index in [1.807, 2.05) is 0 Å². The number of benzene rings is 2. The second-order valence-electron chi connectivity index (χ2n) is 7.88. The van der Waals surface area contributed by atoms with Crippen molar-refractivity contribution in [3.8, 4) is 0 Å². The van der Waals surface area contributed by atoms with Crippen LogP contribution in [0.25, 0.3) is 0 Å². The van der Waals surface area contributed by atoms with Crippen molar-refractivity contribution in [2.24, 2.45) is 16.0 Å². The molecule has 2 aromatic carbocycles. The number of hydrogen-bond donors (Lipinski definition) is 3. The normalized spacial score (nSPS) is 11.3. The summed E-state index contributed by atoms with van der Waals surface area (Å²) in [6, 6.07) is 7.01. The molecule has 0 radical (unpaired) electrons. The summed E-state index contributed by atoms with van der Waals surface area (Å²) >= 11 is 0. The maximum atomic E-state index is 14.0. The van der Waals surface area contributed by atoms with Crippen molar-refractivity contribution in [3.05, 3.63) is 48.0 Å². The van der Waals surface area contributed by atoms with E-state index in [1.54, 1.807) is 6.92 Å². The Morgan fingerprint density at radius 1 is 1.02 bits per heavy atom. The molecule has 208 valence electrons. The molecule has 3 aromatic rings. The number of carbonyl (C=O) groups excluding carboxylic acids is 1. The van der Waals surface area contributed by atoms with Gasteiger partial charge in [0, 0.05) is 19.3 Å². The zero-order valence-electron chi connectivity index (χ0n) is 22.2. The molecule has 1 aromatic heterocycles. The SMILES string of the molecule is Cc1ccc(N=Nc2ccc(Nc3nc(F)nc(N(C)CCS(=O)(=O)[O-])n3)cc2NC(N)=O)c(S(=O)(=O)[O-])c1.[Na+].[Na+]. The van der Waals surface area contributed by atoms with E-state index in [1.165, 1.54) is 37.4 Å². The molecule has 0 fully saturated rings. The number of rotatable bonds is 10. The third-order valence-electron chi connectivity index (χ3n) is 4.78. The minimum atomic E-state index is -4.86. The molecule has 0 aliphatic rings. The second kappa shape index (κ2) is 15.2. The van der Waals surface area contributed by atoms with Gasteiger partial charge in [-0.2, -0.15) is 19.3 Å². The van der Waals surface area contributed by atoms with Crippen LogP contribution < -0.4 is 80.4 Å². The standard InChI is InChI=1S/C20H22FN9O7S2.2Na/c1-11-3-5-14(16(9-11)39(35,36)37)29-28-13-6-4-12(10-15(13)24-18(22)31)23-19-25-17(21)26-20(27-19)30(2)7-8-38(32,33)34;;/h3-6,9-10H,7-8H2,1-2H3,(H3,22,24,31)(H,32,33,34)(H,35,36,37)(H,23,25,26,27);;/q;2*+1/p-2. The monoisotopic (exact) mass is 627 g/mol. The van der Waals surface area contributed by atoms with Gasteiger partial charge in [-0.05, 0) is 42.8 Å². The zero-order valence-corrected chi connectivity index (χ0v) is 27.8. The van der Waals surface area contributed by atoms with E-state index >= 15 is 0 Å². The summed E-state index contributed by atoms with van der Waals surface area (Å²) in [7, 11) is -8.04. The van der Waals surface area contributed by atoms with Crippen LogP contribution in [0.2, 0.25) is 0 Å². The minimum Gasteiger partial charge on any atom is -0.748 e. The van der Waals surface area contributed by atoms with E-state index in [9.17, 15) is 35.1 Å². The fourth-order valence-corrected chi connectivity index (χ4v) is 4.18. The Morgan fingerprint density at radius 2 is 1.66 bits per heavy atom. The molecule has 1 heterocycles. The van der Waals surface area contributed by atoms with E-state index in [2.05, 4.69) is 35.8 Å². The van der Waals surface area contributed by atoms with E-state index in [4.69, 9.17) is 5.73 Å². The number of nitrogens with two attached hydrogens (primary N) is 1. The number of nitrogens with one attached hydrogen (secondary N) is 2. The molecule has 2 amide bonds. The van der Waals surface area contributed by atoms with Crippen LogP contribution in [0.4, 0.5) is 43.8 Å². The quantitative estimate of drug-likeness (QED) is 0.110. The van der Waals surface area contributed by atoms with Crippen LogP contribution in [0.5, 0.6) is 0 Å². The first kappa shape index (κ1) is 36.7. The Bertz CT molecular complexity index is 1660. The summed E-state index contributed by atoms with van der Waals surface area (Å²) in [6.07, 6.45) is -1.21. The molecule has 0 saturated heterocycles. The minimum absolute atomic E-state index is 0. The molecular weight excluding hydrogens is 607 g/mol. The molecule has 0 aliphatic carbocycles. The number of halogens is 1. The van der Waals surface area contributed by atoms with Crippen LogP contribution in [0.3, 0.4) is 0 Å². The second-order valence-corrected chi connectivity index (χ2v) is 10.8. The van der Waals surface area contributed by atoms with E-state index in [0.717, 1.165) is 11.0 Å². The predicted molar refractivity (Wildman–Crippen MR) is 134 cm³/mol. The summed E-state index contributed by atoms with van der Waals surface area (Å²) in [5.41, 5.74) is 5.68. The fourth-order valence-electron chi connectivity index (χ4n) is 2.99.